The minimum Gasteiger partial charge on any atom is -0.374 e. The van der Waals surface area contributed by atoms with Crippen LogP contribution in [-0.4, -0.2) is 32.5 Å². The van der Waals surface area contributed by atoms with Crippen LogP contribution in [0.5, 0.6) is 0 Å². The van der Waals surface area contributed by atoms with Gasteiger partial charge in [0.2, 0.25) is 5.91 Å². The zero-order valence-corrected chi connectivity index (χ0v) is 15.7. The number of aromatic nitrogens is 4. The highest BCUT2D eigenvalue weighted by Crippen LogP contribution is 2.27. The number of hydrogen-bond donors (Lipinski definition) is 1. The first kappa shape index (κ1) is 18.0. The van der Waals surface area contributed by atoms with Gasteiger partial charge in [-0.15, -0.1) is 0 Å². The SMILES string of the molecule is CCc1cn(-c2cc(C)nc([C@@H](C)OC)n2)c2cc(NC(C)=O)ncc12. The van der Waals surface area contributed by atoms with Crippen LogP contribution in [0.2, 0.25) is 0 Å². The average Bonchev–Trinajstić information content (AvgIpc) is 2.98. The maximum absolute atomic E-state index is 11.4. The van der Waals surface area contributed by atoms with Crippen molar-refractivity contribution in [2.45, 2.75) is 40.2 Å². The van der Waals surface area contributed by atoms with Gasteiger partial charge in [-0.1, -0.05) is 6.92 Å². The summed E-state index contributed by atoms with van der Waals surface area (Å²) in [4.78, 5) is 24.9. The molecule has 3 rings (SSSR count). The van der Waals surface area contributed by atoms with Gasteiger partial charge >= 0.3 is 0 Å². The maximum atomic E-state index is 11.4. The first-order valence-electron chi connectivity index (χ1n) is 8.59. The lowest BCUT2D eigenvalue weighted by Gasteiger charge is -2.12. The van der Waals surface area contributed by atoms with Crippen LogP contribution in [0.4, 0.5) is 5.82 Å². The molecule has 0 spiro atoms. The molecule has 0 aliphatic carbocycles. The first-order valence-corrected chi connectivity index (χ1v) is 8.59. The lowest BCUT2D eigenvalue weighted by Crippen LogP contribution is -2.09. The number of carbonyl (C=O) groups is 1. The lowest BCUT2D eigenvalue weighted by molar-refractivity contribution is -0.114. The maximum Gasteiger partial charge on any atom is 0.222 e. The van der Waals surface area contributed by atoms with E-state index in [0.717, 1.165) is 28.8 Å². The molecule has 0 fully saturated rings. The number of nitrogens with zero attached hydrogens (tertiary/aromatic N) is 4. The van der Waals surface area contributed by atoms with Crippen molar-refractivity contribution in [3.63, 3.8) is 0 Å². The van der Waals surface area contributed by atoms with E-state index in [0.29, 0.717) is 11.6 Å². The number of methoxy groups -OCH3 is 1. The van der Waals surface area contributed by atoms with Gasteiger partial charge in [-0.05, 0) is 25.8 Å². The smallest absolute Gasteiger partial charge is 0.222 e. The molecule has 0 saturated heterocycles. The molecule has 7 nitrogen and oxygen atoms in total. The molecule has 26 heavy (non-hydrogen) atoms. The molecule has 3 aromatic heterocycles. The highest BCUT2D eigenvalue weighted by molar-refractivity contribution is 5.92. The molecule has 7 heteroatoms. The van der Waals surface area contributed by atoms with Gasteiger partial charge < -0.3 is 14.6 Å². The van der Waals surface area contributed by atoms with Crippen LogP contribution in [0.15, 0.2) is 24.5 Å². The Labute approximate surface area is 152 Å². The van der Waals surface area contributed by atoms with Gasteiger partial charge in [-0.3, -0.25) is 4.79 Å². The number of nitrogens with one attached hydrogen (secondary N) is 1. The fourth-order valence-electron chi connectivity index (χ4n) is 2.89. The molecule has 1 amide bonds. The minimum atomic E-state index is -0.197. The number of anilines is 1. The Bertz CT molecular complexity index is 964. The second kappa shape index (κ2) is 7.21. The summed E-state index contributed by atoms with van der Waals surface area (Å²) in [6, 6.07) is 3.80. The molecule has 3 heterocycles. The van der Waals surface area contributed by atoms with Gasteiger partial charge in [0.05, 0.1) is 5.52 Å². The van der Waals surface area contributed by atoms with E-state index >= 15 is 0 Å². The number of pyridine rings is 1. The standard InChI is InChI=1S/C19H23N5O2/c1-6-14-10-24(16-8-17(22-13(4)25)20-9-15(14)16)18-7-11(2)21-19(23-18)12(3)26-5/h7-10,12H,6H2,1-5H3,(H,20,22,25)/t12-/m1/s1. The van der Waals surface area contributed by atoms with Crippen molar-refractivity contribution in [1.82, 2.24) is 19.5 Å². The lowest BCUT2D eigenvalue weighted by atomic mass is 10.2. The zero-order chi connectivity index (χ0) is 18.8. The highest BCUT2D eigenvalue weighted by Gasteiger charge is 2.15. The summed E-state index contributed by atoms with van der Waals surface area (Å²) < 4.78 is 7.38. The molecule has 0 aliphatic heterocycles. The molecular weight excluding hydrogens is 330 g/mol. The van der Waals surface area contributed by atoms with Crippen molar-refractivity contribution in [1.29, 1.82) is 0 Å². The Kier molecular flexibility index (Phi) is 4.99. The molecule has 1 N–H and O–H groups in total. The monoisotopic (exact) mass is 353 g/mol. The Morgan fingerprint density at radius 2 is 2.12 bits per heavy atom. The van der Waals surface area contributed by atoms with Crippen LogP contribution in [0.3, 0.4) is 0 Å². The summed E-state index contributed by atoms with van der Waals surface area (Å²) in [6.45, 7) is 7.43. The second-order valence-electron chi connectivity index (χ2n) is 6.25. The van der Waals surface area contributed by atoms with E-state index in [1.807, 2.05) is 30.5 Å². The second-order valence-corrected chi connectivity index (χ2v) is 6.25. The molecule has 0 radical (unpaired) electrons. The molecule has 0 unspecified atom stereocenters. The van der Waals surface area contributed by atoms with E-state index in [4.69, 9.17) is 4.74 Å². The van der Waals surface area contributed by atoms with Crippen LogP contribution in [0.25, 0.3) is 16.7 Å². The fourth-order valence-corrected chi connectivity index (χ4v) is 2.89. The Morgan fingerprint density at radius 1 is 1.35 bits per heavy atom. The van der Waals surface area contributed by atoms with Crippen molar-refractivity contribution in [3.8, 4) is 5.82 Å². The molecule has 0 aromatic carbocycles. The summed E-state index contributed by atoms with van der Waals surface area (Å²) in [5.74, 6) is 1.77. The van der Waals surface area contributed by atoms with Crippen molar-refractivity contribution in [2.24, 2.45) is 0 Å². The third-order valence-corrected chi connectivity index (χ3v) is 4.28. The van der Waals surface area contributed by atoms with Crippen molar-refractivity contribution < 1.29 is 9.53 Å². The molecule has 0 bridgehead atoms. The highest BCUT2D eigenvalue weighted by atomic mass is 16.5. The molecular formula is C19H23N5O2. The summed E-state index contributed by atoms with van der Waals surface area (Å²) >= 11 is 0. The van der Waals surface area contributed by atoms with Crippen LogP contribution in [0.1, 0.15) is 44.0 Å². The molecule has 1 atom stereocenters. The minimum absolute atomic E-state index is 0.153. The summed E-state index contributed by atoms with van der Waals surface area (Å²) in [6.07, 6.45) is 4.53. The van der Waals surface area contributed by atoms with Gasteiger partial charge in [0.25, 0.3) is 0 Å². The predicted molar refractivity (Wildman–Crippen MR) is 101 cm³/mol. The predicted octanol–water partition coefficient (Wildman–Crippen LogP) is 3.35. The van der Waals surface area contributed by atoms with Gasteiger partial charge in [-0.2, -0.15) is 0 Å². The van der Waals surface area contributed by atoms with Crippen LogP contribution < -0.4 is 5.32 Å². The third-order valence-electron chi connectivity index (χ3n) is 4.28. The molecule has 0 aliphatic rings. The fraction of sp³-hybridized carbons (Fsp3) is 0.368. The summed E-state index contributed by atoms with van der Waals surface area (Å²) in [5, 5.41) is 3.78. The van der Waals surface area contributed by atoms with Gasteiger partial charge in [0.15, 0.2) is 5.82 Å². The van der Waals surface area contributed by atoms with Crippen molar-refractivity contribution in [3.05, 3.63) is 41.6 Å². The van der Waals surface area contributed by atoms with E-state index in [2.05, 4.69) is 33.4 Å². The number of aryl methyl sites for hydroxylation is 2. The Hall–Kier alpha value is -2.80. The van der Waals surface area contributed by atoms with Crippen LogP contribution >= 0.6 is 0 Å². The first-order chi connectivity index (χ1) is 12.4. The number of rotatable bonds is 5. The number of fused-ring (bicyclic) bond motifs is 1. The van der Waals surface area contributed by atoms with Crippen molar-refractivity contribution in [2.75, 3.05) is 12.4 Å². The third kappa shape index (κ3) is 3.43. The van der Waals surface area contributed by atoms with Crippen LogP contribution in [-0.2, 0) is 16.0 Å². The van der Waals surface area contributed by atoms with E-state index in [1.54, 1.807) is 13.3 Å². The number of hydrogen-bond acceptors (Lipinski definition) is 5. The quantitative estimate of drug-likeness (QED) is 0.761. The normalized spacial score (nSPS) is 12.3. The molecule has 0 saturated carbocycles. The number of carbonyl (C=O) groups excluding carboxylic acids is 1. The average molecular weight is 353 g/mol. The van der Waals surface area contributed by atoms with E-state index in [9.17, 15) is 4.79 Å². The number of ether oxygens (including phenoxy) is 1. The number of amides is 1. The largest absolute Gasteiger partial charge is 0.374 e. The van der Waals surface area contributed by atoms with Gasteiger partial charge in [0, 0.05) is 49.6 Å². The molecule has 136 valence electrons. The molecule has 3 aromatic rings. The Morgan fingerprint density at radius 3 is 2.77 bits per heavy atom. The summed E-state index contributed by atoms with van der Waals surface area (Å²) in [7, 11) is 1.64. The van der Waals surface area contributed by atoms with Crippen LogP contribution in [0, 0.1) is 6.92 Å². The topological polar surface area (TPSA) is 81.9 Å². The van der Waals surface area contributed by atoms with Gasteiger partial charge in [-0.25, -0.2) is 15.0 Å². The zero-order valence-electron chi connectivity index (χ0n) is 15.7. The van der Waals surface area contributed by atoms with Gasteiger partial charge in [0.1, 0.15) is 17.7 Å². The van der Waals surface area contributed by atoms with Crippen molar-refractivity contribution >= 4 is 22.6 Å². The Balaban J connectivity index is 2.20. The summed E-state index contributed by atoms with van der Waals surface area (Å²) in [5.41, 5.74) is 2.97. The van der Waals surface area contributed by atoms with E-state index in [-0.39, 0.29) is 12.0 Å². The van der Waals surface area contributed by atoms with E-state index in [1.165, 1.54) is 12.5 Å². The van der Waals surface area contributed by atoms with E-state index < -0.39 is 0 Å².